The molecule has 1 aromatic rings. The standard InChI is InChI=1S/C13H17NO4/c1-13(2,12(16)17)14-11(15)10(18-3)9-7-5-4-6-8-9/h4-8,10H,1-3H3,(H,14,15)(H,16,17)/t10-/m1/s1. The quantitative estimate of drug-likeness (QED) is 0.828. The Hall–Kier alpha value is -1.88. The number of hydrogen-bond donors (Lipinski definition) is 2. The van der Waals surface area contributed by atoms with Crippen molar-refractivity contribution in [2.45, 2.75) is 25.5 Å². The van der Waals surface area contributed by atoms with E-state index < -0.39 is 23.5 Å². The molecule has 0 saturated heterocycles. The van der Waals surface area contributed by atoms with Gasteiger partial charge in [-0.05, 0) is 19.4 Å². The fraction of sp³-hybridized carbons (Fsp3) is 0.385. The predicted molar refractivity (Wildman–Crippen MR) is 66.0 cm³/mol. The first-order valence-corrected chi connectivity index (χ1v) is 5.51. The largest absolute Gasteiger partial charge is 0.480 e. The van der Waals surface area contributed by atoms with Gasteiger partial charge in [0.1, 0.15) is 5.54 Å². The van der Waals surface area contributed by atoms with Crippen molar-refractivity contribution in [3.8, 4) is 0 Å². The first-order valence-electron chi connectivity index (χ1n) is 5.51. The molecule has 0 heterocycles. The minimum Gasteiger partial charge on any atom is -0.480 e. The van der Waals surface area contributed by atoms with Gasteiger partial charge in [-0.25, -0.2) is 4.79 Å². The highest BCUT2D eigenvalue weighted by Crippen LogP contribution is 2.17. The second-order valence-corrected chi connectivity index (χ2v) is 4.45. The molecule has 98 valence electrons. The normalized spacial score (nSPS) is 12.8. The number of rotatable bonds is 5. The highest BCUT2D eigenvalue weighted by Gasteiger charge is 2.32. The van der Waals surface area contributed by atoms with Gasteiger partial charge in [0.15, 0.2) is 6.10 Å². The molecule has 1 atom stereocenters. The third kappa shape index (κ3) is 3.30. The summed E-state index contributed by atoms with van der Waals surface area (Å²) in [7, 11) is 1.41. The van der Waals surface area contributed by atoms with Gasteiger partial charge in [0, 0.05) is 7.11 Å². The van der Waals surface area contributed by atoms with E-state index >= 15 is 0 Å². The maximum Gasteiger partial charge on any atom is 0.328 e. The maximum absolute atomic E-state index is 12.0. The van der Waals surface area contributed by atoms with E-state index in [1.54, 1.807) is 24.3 Å². The number of ether oxygens (including phenoxy) is 1. The number of methoxy groups -OCH3 is 1. The number of nitrogens with one attached hydrogen (secondary N) is 1. The number of carbonyl (C=O) groups is 2. The second kappa shape index (κ2) is 5.64. The molecule has 0 aliphatic heterocycles. The summed E-state index contributed by atoms with van der Waals surface area (Å²) >= 11 is 0. The van der Waals surface area contributed by atoms with E-state index in [0.717, 1.165) is 0 Å². The molecule has 5 heteroatoms. The summed E-state index contributed by atoms with van der Waals surface area (Å²) in [6, 6.07) is 8.91. The Bertz CT molecular complexity index is 428. The summed E-state index contributed by atoms with van der Waals surface area (Å²) in [6.07, 6.45) is -0.815. The van der Waals surface area contributed by atoms with E-state index in [-0.39, 0.29) is 0 Å². The minimum atomic E-state index is -1.33. The fourth-order valence-corrected chi connectivity index (χ4v) is 1.45. The van der Waals surface area contributed by atoms with E-state index in [4.69, 9.17) is 9.84 Å². The molecule has 0 fully saturated rings. The van der Waals surface area contributed by atoms with Crippen LogP contribution in [0.15, 0.2) is 30.3 Å². The Kier molecular flexibility index (Phi) is 4.44. The third-order valence-corrected chi connectivity index (χ3v) is 2.55. The van der Waals surface area contributed by atoms with Crippen LogP contribution in [0.25, 0.3) is 0 Å². The molecule has 0 unspecified atom stereocenters. The summed E-state index contributed by atoms with van der Waals surface area (Å²) in [4.78, 5) is 22.9. The lowest BCUT2D eigenvalue weighted by Crippen LogP contribution is -2.51. The van der Waals surface area contributed by atoms with Crippen LogP contribution in [-0.2, 0) is 14.3 Å². The second-order valence-electron chi connectivity index (χ2n) is 4.45. The number of carbonyl (C=O) groups excluding carboxylic acids is 1. The lowest BCUT2D eigenvalue weighted by Gasteiger charge is -2.24. The molecule has 0 aliphatic rings. The molecule has 1 amide bonds. The van der Waals surface area contributed by atoms with Gasteiger partial charge in [0.25, 0.3) is 5.91 Å². The Balaban J connectivity index is 2.85. The van der Waals surface area contributed by atoms with Gasteiger partial charge in [-0.3, -0.25) is 4.79 Å². The number of hydrogen-bond acceptors (Lipinski definition) is 3. The van der Waals surface area contributed by atoms with Crippen LogP contribution >= 0.6 is 0 Å². The Morgan fingerprint density at radius 1 is 1.28 bits per heavy atom. The minimum absolute atomic E-state index is 0.476. The summed E-state index contributed by atoms with van der Waals surface area (Å²) < 4.78 is 5.12. The summed E-state index contributed by atoms with van der Waals surface area (Å²) in [5.41, 5.74) is -0.651. The predicted octanol–water partition coefficient (Wildman–Crippen LogP) is 1.35. The Morgan fingerprint density at radius 2 is 1.83 bits per heavy atom. The Morgan fingerprint density at radius 3 is 2.28 bits per heavy atom. The van der Waals surface area contributed by atoms with Crippen LogP contribution in [0, 0.1) is 0 Å². The summed E-state index contributed by atoms with van der Waals surface area (Å²) in [5.74, 6) is -1.57. The summed E-state index contributed by atoms with van der Waals surface area (Å²) in [5, 5.41) is 11.4. The Labute approximate surface area is 106 Å². The first kappa shape index (κ1) is 14.2. The zero-order chi connectivity index (χ0) is 13.8. The lowest BCUT2D eigenvalue weighted by molar-refractivity contribution is -0.148. The molecule has 0 aliphatic carbocycles. The van der Waals surface area contributed by atoms with Crippen LogP contribution in [0.3, 0.4) is 0 Å². The van der Waals surface area contributed by atoms with Gasteiger partial charge in [-0.1, -0.05) is 30.3 Å². The van der Waals surface area contributed by atoms with E-state index in [2.05, 4.69) is 5.32 Å². The van der Waals surface area contributed by atoms with Crippen molar-refractivity contribution in [1.29, 1.82) is 0 Å². The fourth-order valence-electron chi connectivity index (χ4n) is 1.45. The molecular formula is C13H17NO4. The van der Waals surface area contributed by atoms with Crippen LogP contribution in [0.2, 0.25) is 0 Å². The lowest BCUT2D eigenvalue weighted by atomic mass is 10.0. The average molecular weight is 251 g/mol. The number of aliphatic carboxylic acids is 1. The van der Waals surface area contributed by atoms with Crippen LogP contribution in [0.5, 0.6) is 0 Å². The van der Waals surface area contributed by atoms with Crippen molar-refractivity contribution in [2.75, 3.05) is 7.11 Å². The van der Waals surface area contributed by atoms with Gasteiger partial charge < -0.3 is 15.2 Å². The van der Waals surface area contributed by atoms with Crippen LogP contribution < -0.4 is 5.32 Å². The molecule has 0 aromatic heterocycles. The summed E-state index contributed by atoms with van der Waals surface area (Å²) in [6.45, 7) is 2.84. The van der Waals surface area contributed by atoms with E-state index in [1.165, 1.54) is 21.0 Å². The highest BCUT2D eigenvalue weighted by molar-refractivity contribution is 5.89. The molecule has 5 nitrogen and oxygen atoms in total. The van der Waals surface area contributed by atoms with Gasteiger partial charge in [-0.15, -0.1) is 0 Å². The SMILES string of the molecule is CO[C@@H](C(=O)NC(C)(C)C(=O)O)c1ccccc1. The molecule has 0 radical (unpaired) electrons. The van der Waals surface area contributed by atoms with Gasteiger partial charge >= 0.3 is 5.97 Å². The molecule has 1 aromatic carbocycles. The molecule has 1 rings (SSSR count). The van der Waals surface area contributed by atoms with Gasteiger partial charge in [0.05, 0.1) is 0 Å². The van der Waals surface area contributed by atoms with Gasteiger partial charge in [-0.2, -0.15) is 0 Å². The number of carboxylic acid groups (broad SMARTS) is 1. The number of benzene rings is 1. The number of amides is 1. The van der Waals surface area contributed by atoms with E-state index in [1.807, 2.05) is 6.07 Å². The topological polar surface area (TPSA) is 75.6 Å². The van der Waals surface area contributed by atoms with Crippen LogP contribution in [-0.4, -0.2) is 29.6 Å². The van der Waals surface area contributed by atoms with Crippen molar-refractivity contribution in [3.63, 3.8) is 0 Å². The average Bonchev–Trinajstić information content (AvgIpc) is 2.30. The highest BCUT2D eigenvalue weighted by atomic mass is 16.5. The van der Waals surface area contributed by atoms with E-state index in [9.17, 15) is 9.59 Å². The number of carboxylic acids is 1. The van der Waals surface area contributed by atoms with Crippen LogP contribution in [0.4, 0.5) is 0 Å². The van der Waals surface area contributed by atoms with Gasteiger partial charge in [0.2, 0.25) is 0 Å². The van der Waals surface area contributed by atoms with Crippen molar-refractivity contribution in [1.82, 2.24) is 5.32 Å². The van der Waals surface area contributed by atoms with E-state index in [0.29, 0.717) is 5.56 Å². The smallest absolute Gasteiger partial charge is 0.328 e. The molecule has 18 heavy (non-hydrogen) atoms. The first-order chi connectivity index (χ1) is 8.38. The molecule has 0 spiro atoms. The maximum atomic E-state index is 12.0. The monoisotopic (exact) mass is 251 g/mol. The third-order valence-electron chi connectivity index (χ3n) is 2.55. The van der Waals surface area contributed by atoms with Crippen molar-refractivity contribution >= 4 is 11.9 Å². The zero-order valence-corrected chi connectivity index (χ0v) is 10.6. The van der Waals surface area contributed by atoms with Crippen LogP contribution in [0.1, 0.15) is 25.5 Å². The van der Waals surface area contributed by atoms with Crippen molar-refractivity contribution < 1.29 is 19.4 Å². The molecule has 0 saturated carbocycles. The zero-order valence-electron chi connectivity index (χ0n) is 10.6. The molecule has 0 bridgehead atoms. The molecule has 2 N–H and O–H groups in total. The van der Waals surface area contributed by atoms with Crippen molar-refractivity contribution in [3.05, 3.63) is 35.9 Å². The molecular weight excluding hydrogens is 234 g/mol. The van der Waals surface area contributed by atoms with Crippen molar-refractivity contribution in [2.24, 2.45) is 0 Å².